The lowest BCUT2D eigenvalue weighted by Gasteiger charge is -2.37. The molecule has 9 heteroatoms. The molecule has 1 unspecified atom stereocenters. The summed E-state index contributed by atoms with van der Waals surface area (Å²) in [6.07, 6.45) is 0. The molecule has 0 bridgehead atoms. The molecule has 3 heterocycles. The Morgan fingerprint density at radius 2 is 2.00 bits per heavy atom. The van der Waals surface area contributed by atoms with Crippen LogP contribution in [0.1, 0.15) is 30.0 Å². The number of ether oxygens (including phenoxy) is 1. The first kappa shape index (κ1) is 22.2. The Hall–Kier alpha value is -3.56. The third-order valence-corrected chi connectivity index (χ3v) is 6.88. The van der Waals surface area contributed by atoms with Crippen LogP contribution >= 0.6 is 23.6 Å². The molecule has 0 saturated heterocycles. The fourth-order valence-electron chi connectivity index (χ4n) is 3.95. The molecule has 1 N–H and O–H groups in total. The van der Waals surface area contributed by atoms with Crippen LogP contribution in [-0.2, 0) is 6.54 Å². The third-order valence-electron chi connectivity index (χ3n) is 5.67. The van der Waals surface area contributed by atoms with Gasteiger partial charge >= 0.3 is 0 Å². The molecule has 0 aliphatic carbocycles. The van der Waals surface area contributed by atoms with E-state index in [1.54, 1.807) is 30.6 Å². The van der Waals surface area contributed by atoms with Gasteiger partial charge < -0.3 is 19.5 Å². The average molecular weight is 493 g/mol. The standard InChI is InChI=1S/C25H21FN4O2S2/c1-15-21(24-28-23(29-32-24)20-7-4-12-34-20)22(17-8-10-18(26)11-9-17)27-25(33)30(15)14-16-5-3-6-19(13-16)31-2/h3-13,22H,14H2,1-2H3,(H,27,33). The Kier molecular flexibility index (Phi) is 6.12. The molecule has 0 spiro atoms. The maximum absolute atomic E-state index is 13.6. The fraction of sp³-hybridized carbons (Fsp3) is 0.160. The Bertz CT molecular complexity index is 1350. The summed E-state index contributed by atoms with van der Waals surface area (Å²) in [4.78, 5) is 7.60. The molecule has 0 fully saturated rings. The Balaban J connectivity index is 1.59. The summed E-state index contributed by atoms with van der Waals surface area (Å²) in [6, 6.07) is 17.7. The predicted molar refractivity (Wildman–Crippen MR) is 134 cm³/mol. The second kappa shape index (κ2) is 9.36. The van der Waals surface area contributed by atoms with Crippen LogP contribution in [0.3, 0.4) is 0 Å². The zero-order valence-corrected chi connectivity index (χ0v) is 20.1. The molecule has 4 aromatic rings. The highest BCUT2D eigenvalue weighted by Crippen LogP contribution is 2.38. The molecule has 0 radical (unpaired) electrons. The van der Waals surface area contributed by atoms with Crippen molar-refractivity contribution in [3.05, 3.63) is 94.6 Å². The van der Waals surface area contributed by atoms with E-state index >= 15 is 0 Å². The largest absolute Gasteiger partial charge is 0.497 e. The maximum atomic E-state index is 13.6. The number of aromatic nitrogens is 2. The molecule has 1 atom stereocenters. The van der Waals surface area contributed by atoms with Crippen LogP contribution in [0.25, 0.3) is 16.3 Å². The molecular formula is C25H21FN4O2S2. The number of thiocarbonyl (C=S) groups is 1. The lowest BCUT2D eigenvalue weighted by Crippen LogP contribution is -2.45. The summed E-state index contributed by atoms with van der Waals surface area (Å²) in [7, 11) is 1.64. The first-order valence-electron chi connectivity index (χ1n) is 10.6. The van der Waals surface area contributed by atoms with E-state index in [-0.39, 0.29) is 11.9 Å². The van der Waals surface area contributed by atoms with E-state index in [4.69, 9.17) is 21.5 Å². The number of nitrogens with zero attached hydrogens (tertiary/aromatic N) is 3. The average Bonchev–Trinajstić information content (AvgIpc) is 3.54. The number of allylic oxidation sites excluding steroid dienone is 1. The highest BCUT2D eigenvalue weighted by molar-refractivity contribution is 7.80. The van der Waals surface area contributed by atoms with Gasteiger partial charge in [-0.15, -0.1) is 11.3 Å². The maximum Gasteiger partial charge on any atom is 0.258 e. The predicted octanol–water partition coefficient (Wildman–Crippen LogP) is 5.81. The minimum Gasteiger partial charge on any atom is -0.497 e. The Labute approximate surface area is 205 Å². The van der Waals surface area contributed by atoms with Crippen LogP contribution in [0.5, 0.6) is 5.75 Å². The second-order valence-electron chi connectivity index (χ2n) is 7.77. The molecule has 6 nitrogen and oxygen atoms in total. The lowest BCUT2D eigenvalue weighted by molar-refractivity contribution is 0.395. The first-order valence-corrected chi connectivity index (χ1v) is 11.9. The topological polar surface area (TPSA) is 63.4 Å². The summed E-state index contributed by atoms with van der Waals surface area (Å²) in [5.74, 6) is 1.38. The van der Waals surface area contributed by atoms with E-state index in [1.807, 2.05) is 53.6 Å². The second-order valence-corrected chi connectivity index (χ2v) is 9.11. The first-order chi connectivity index (χ1) is 16.5. The van der Waals surface area contributed by atoms with Gasteiger partial charge in [-0.05, 0) is 66.0 Å². The van der Waals surface area contributed by atoms with Gasteiger partial charge in [0.1, 0.15) is 11.6 Å². The third kappa shape index (κ3) is 4.32. The number of hydrogen-bond acceptors (Lipinski definition) is 6. The van der Waals surface area contributed by atoms with Gasteiger partial charge in [0.15, 0.2) is 5.11 Å². The van der Waals surface area contributed by atoms with Crippen LogP contribution in [0, 0.1) is 5.82 Å². The van der Waals surface area contributed by atoms with Gasteiger partial charge in [-0.25, -0.2) is 4.39 Å². The van der Waals surface area contributed by atoms with Gasteiger partial charge in [-0.3, -0.25) is 0 Å². The quantitative estimate of drug-likeness (QED) is 0.341. The number of nitrogens with one attached hydrogen (secondary N) is 1. The fourth-order valence-corrected chi connectivity index (χ4v) is 4.91. The van der Waals surface area contributed by atoms with Crippen molar-refractivity contribution in [2.45, 2.75) is 19.5 Å². The van der Waals surface area contributed by atoms with Gasteiger partial charge in [0.05, 0.1) is 30.1 Å². The number of methoxy groups -OCH3 is 1. The van der Waals surface area contributed by atoms with Crippen LogP contribution in [-0.4, -0.2) is 27.3 Å². The molecule has 0 saturated carbocycles. The zero-order chi connectivity index (χ0) is 23.7. The van der Waals surface area contributed by atoms with Crippen molar-refractivity contribution >= 4 is 34.2 Å². The van der Waals surface area contributed by atoms with Gasteiger partial charge in [0.25, 0.3) is 5.89 Å². The van der Waals surface area contributed by atoms with Crippen LogP contribution in [0.2, 0.25) is 0 Å². The van der Waals surface area contributed by atoms with Crippen molar-refractivity contribution in [3.63, 3.8) is 0 Å². The molecule has 2 aromatic heterocycles. The molecule has 0 amide bonds. The van der Waals surface area contributed by atoms with Crippen molar-refractivity contribution < 1.29 is 13.7 Å². The number of rotatable bonds is 6. The van der Waals surface area contributed by atoms with Crippen molar-refractivity contribution in [1.29, 1.82) is 0 Å². The van der Waals surface area contributed by atoms with Gasteiger partial charge in [0.2, 0.25) is 5.82 Å². The Morgan fingerprint density at radius 3 is 2.74 bits per heavy atom. The minimum atomic E-state index is -0.369. The molecule has 2 aromatic carbocycles. The minimum absolute atomic E-state index is 0.304. The van der Waals surface area contributed by atoms with Crippen molar-refractivity contribution in [3.8, 4) is 16.5 Å². The van der Waals surface area contributed by atoms with Crippen LogP contribution in [0.4, 0.5) is 4.39 Å². The molecule has 172 valence electrons. The van der Waals surface area contributed by atoms with E-state index in [2.05, 4.69) is 15.5 Å². The van der Waals surface area contributed by atoms with E-state index in [0.29, 0.717) is 23.4 Å². The van der Waals surface area contributed by atoms with Crippen molar-refractivity contribution in [2.75, 3.05) is 7.11 Å². The molecule has 5 rings (SSSR count). The van der Waals surface area contributed by atoms with Crippen LogP contribution < -0.4 is 10.1 Å². The molecule has 1 aliphatic heterocycles. The number of benzene rings is 2. The monoisotopic (exact) mass is 492 g/mol. The summed E-state index contributed by atoms with van der Waals surface area (Å²) in [6.45, 7) is 2.51. The SMILES string of the molecule is COc1cccc(CN2C(=S)NC(c3ccc(F)cc3)C(c3nc(-c4cccs4)no3)=C2C)c1. The highest BCUT2D eigenvalue weighted by atomic mass is 32.1. The van der Waals surface area contributed by atoms with E-state index in [0.717, 1.165) is 33.0 Å². The highest BCUT2D eigenvalue weighted by Gasteiger charge is 2.34. The van der Waals surface area contributed by atoms with E-state index in [1.165, 1.54) is 12.1 Å². The summed E-state index contributed by atoms with van der Waals surface area (Å²) >= 11 is 7.29. The number of thiophene rings is 1. The lowest BCUT2D eigenvalue weighted by atomic mass is 9.94. The van der Waals surface area contributed by atoms with Gasteiger partial charge in [-0.1, -0.05) is 35.5 Å². The summed E-state index contributed by atoms with van der Waals surface area (Å²) in [5, 5.41) is 10.1. The molecule has 34 heavy (non-hydrogen) atoms. The van der Waals surface area contributed by atoms with E-state index < -0.39 is 0 Å². The number of hydrogen-bond donors (Lipinski definition) is 1. The zero-order valence-electron chi connectivity index (χ0n) is 18.5. The number of halogens is 1. The summed E-state index contributed by atoms with van der Waals surface area (Å²) < 4.78 is 24.7. The molecule has 1 aliphatic rings. The van der Waals surface area contributed by atoms with Crippen molar-refractivity contribution in [2.24, 2.45) is 0 Å². The Morgan fingerprint density at radius 1 is 1.18 bits per heavy atom. The van der Waals surface area contributed by atoms with Gasteiger partial charge in [0, 0.05) is 5.70 Å². The van der Waals surface area contributed by atoms with Gasteiger partial charge in [-0.2, -0.15) is 4.98 Å². The van der Waals surface area contributed by atoms with Crippen molar-refractivity contribution in [1.82, 2.24) is 20.4 Å². The normalized spacial score (nSPS) is 16.0. The van der Waals surface area contributed by atoms with E-state index in [9.17, 15) is 4.39 Å². The van der Waals surface area contributed by atoms with Crippen LogP contribution in [0.15, 0.2) is 76.3 Å². The smallest absolute Gasteiger partial charge is 0.258 e. The molecular weight excluding hydrogens is 471 g/mol. The summed E-state index contributed by atoms with van der Waals surface area (Å²) in [5.41, 5.74) is 3.54.